The van der Waals surface area contributed by atoms with Crippen molar-refractivity contribution in [2.75, 3.05) is 0 Å². The average Bonchev–Trinajstić information content (AvgIpc) is 3.15. The van der Waals surface area contributed by atoms with Crippen LogP contribution in [0.4, 0.5) is 0 Å². The Morgan fingerprint density at radius 2 is 0.824 bits per heavy atom. The van der Waals surface area contributed by atoms with E-state index in [2.05, 4.69) is 102 Å². The number of phenols is 3. The molecular formula is C36H22BBr3N7O3S. The Balaban J connectivity index is 0.000000127. The average molecular weight is 883 g/mol. The van der Waals surface area contributed by atoms with Crippen molar-refractivity contribution in [1.29, 1.82) is 0 Å². The van der Waals surface area contributed by atoms with Gasteiger partial charge >= 0.3 is 24.8 Å². The minimum absolute atomic E-state index is 0.112. The molecule has 3 aromatic heterocycles. The second kappa shape index (κ2) is 16.0. The van der Waals surface area contributed by atoms with E-state index in [0.29, 0.717) is 42.0 Å². The van der Waals surface area contributed by atoms with E-state index in [9.17, 15) is 15.3 Å². The van der Waals surface area contributed by atoms with Crippen LogP contribution in [-0.2, 0) is 0 Å². The van der Waals surface area contributed by atoms with E-state index in [1.165, 1.54) is 0 Å². The molecule has 6 aromatic carbocycles. The zero-order valence-corrected chi connectivity index (χ0v) is 31.7. The third-order valence-electron chi connectivity index (χ3n) is 7.28. The van der Waals surface area contributed by atoms with Gasteiger partial charge in [-0.3, -0.25) is 0 Å². The molecule has 10 nitrogen and oxygen atoms in total. The molecule has 0 aliphatic carbocycles. The van der Waals surface area contributed by atoms with Crippen molar-refractivity contribution in [3.63, 3.8) is 0 Å². The van der Waals surface area contributed by atoms with E-state index >= 15 is 0 Å². The molecule has 9 rings (SSSR count). The molecule has 249 valence electrons. The van der Waals surface area contributed by atoms with Crippen molar-refractivity contribution in [3.8, 4) is 17.2 Å². The van der Waals surface area contributed by atoms with Crippen molar-refractivity contribution < 1.29 is 15.3 Å². The van der Waals surface area contributed by atoms with Crippen LogP contribution in [0.1, 0.15) is 0 Å². The molecule has 0 bridgehead atoms. The Kier molecular flexibility index (Phi) is 11.3. The van der Waals surface area contributed by atoms with Crippen LogP contribution in [0.2, 0.25) is 0 Å². The number of hydrogen-bond acceptors (Lipinski definition) is 11. The molecule has 0 atom stereocenters. The molecule has 0 saturated heterocycles. The van der Waals surface area contributed by atoms with Crippen LogP contribution in [0.15, 0.2) is 127 Å². The zero-order valence-electron chi connectivity index (χ0n) is 26.0. The van der Waals surface area contributed by atoms with E-state index in [-0.39, 0.29) is 17.2 Å². The quantitative estimate of drug-likeness (QED) is 0.0663. The summed E-state index contributed by atoms with van der Waals surface area (Å²) < 4.78 is 4.72. The molecule has 0 amide bonds. The first kappa shape index (κ1) is 36.0. The first-order chi connectivity index (χ1) is 24.7. The molecule has 1 radical (unpaired) electrons. The third kappa shape index (κ3) is 7.91. The normalized spacial score (nSPS) is 10.6. The van der Waals surface area contributed by atoms with Crippen molar-refractivity contribution in [2.45, 2.75) is 0 Å². The number of thiol groups is 1. The third-order valence-corrected chi connectivity index (χ3v) is 9.13. The van der Waals surface area contributed by atoms with Gasteiger partial charge in [0.2, 0.25) is 0 Å². The molecule has 0 fully saturated rings. The minimum atomic E-state index is 0.112. The number of halogens is 3. The molecule has 0 unspecified atom stereocenters. The van der Waals surface area contributed by atoms with E-state index in [1.54, 1.807) is 24.3 Å². The zero-order chi connectivity index (χ0) is 36.1. The number of nitrogens with zero attached hydrogens (tertiary/aromatic N) is 7. The van der Waals surface area contributed by atoms with Crippen molar-refractivity contribution >= 4 is 134 Å². The number of aromatic hydroxyl groups is 3. The molecule has 15 heteroatoms. The Hall–Kier alpha value is -4.83. The van der Waals surface area contributed by atoms with Gasteiger partial charge in [0, 0.05) is 4.47 Å². The monoisotopic (exact) mass is 880 g/mol. The van der Waals surface area contributed by atoms with E-state index < -0.39 is 0 Å². The molecule has 51 heavy (non-hydrogen) atoms. The summed E-state index contributed by atoms with van der Waals surface area (Å²) in [7, 11) is 4.34. The van der Waals surface area contributed by atoms with E-state index in [1.807, 2.05) is 84.9 Å². The SMILES string of the molecule is Oc1c(Br)cc(Br)c2nc3ccccc3nc12.Oc1c(Br)ccc2nc3ccccc3nc12.Oc1cccc2nc3ccccc3nc12.[B]=NS. The number of hydrogen-bond donors (Lipinski definition) is 4. The fourth-order valence-electron chi connectivity index (χ4n) is 4.97. The molecule has 0 aliphatic heterocycles. The van der Waals surface area contributed by atoms with E-state index in [4.69, 9.17) is 0 Å². The van der Waals surface area contributed by atoms with Gasteiger partial charge in [-0.25, -0.2) is 29.9 Å². The summed E-state index contributed by atoms with van der Waals surface area (Å²) in [5.41, 5.74) is 8.46. The van der Waals surface area contributed by atoms with Crippen LogP contribution in [0.3, 0.4) is 0 Å². The van der Waals surface area contributed by atoms with Gasteiger partial charge in [0.15, 0.2) is 11.5 Å². The summed E-state index contributed by atoms with van der Waals surface area (Å²) in [6, 6.07) is 33.4. The van der Waals surface area contributed by atoms with Gasteiger partial charge in [-0.1, -0.05) is 42.5 Å². The van der Waals surface area contributed by atoms with Crippen LogP contribution in [0, 0.1) is 0 Å². The van der Waals surface area contributed by atoms with Crippen molar-refractivity contribution in [1.82, 2.24) is 29.9 Å². The predicted octanol–water partition coefficient (Wildman–Crippen LogP) is 9.94. The van der Waals surface area contributed by atoms with Gasteiger partial charge in [0.05, 0.1) is 53.1 Å². The fraction of sp³-hybridized carbons (Fsp3) is 0. The maximum absolute atomic E-state index is 9.97. The number of para-hydroxylation sites is 7. The summed E-state index contributed by atoms with van der Waals surface area (Å²) in [6.45, 7) is 0. The Labute approximate surface area is 321 Å². The summed E-state index contributed by atoms with van der Waals surface area (Å²) >= 11 is 13.2. The summed E-state index contributed by atoms with van der Waals surface area (Å²) in [5, 5.41) is 29.5. The van der Waals surface area contributed by atoms with Crippen LogP contribution < -0.4 is 0 Å². The first-order valence-electron chi connectivity index (χ1n) is 14.8. The molecule has 3 N–H and O–H groups in total. The molecule has 9 aromatic rings. The van der Waals surface area contributed by atoms with Gasteiger partial charge in [0.25, 0.3) is 0 Å². The Morgan fingerprint density at radius 1 is 0.431 bits per heavy atom. The Bertz CT molecular complexity index is 2740. The predicted molar refractivity (Wildman–Crippen MR) is 216 cm³/mol. The molecular weight excluding hydrogens is 861 g/mol. The number of rotatable bonds is 0. The van der Waals surface area contributed by atoms with Crippen LogP contribution in [-0.4, -0.2) is 52.9 Å². The van der Waals surface area contributed by atoms with Gasteiger partial charge in [-0.15, -0.1) is 0 Å². The Morgan fingerprint density at radius 3 is 1.35 bits per heavy atom. The van der Waals surface area contributed by atoms with Crippen LogP contribution >= 0.6 is 60.6 Å². The summed E-state index contributed by atoms with van der Waals surface area (Å²) in [4.78, 5) is 26.5. The van der Waals surface area contributed by atoms with Crippen LogP contribution in [0.5, 0.6) is 17.2 Å². The first-order valence-corrected chi connectivity index (χ1v) is 17.6. The second-order valence-electron chi connectivity index (χ2n) is 10.5. The molecule has 0 saturated carbocycles. The van der Waals surface area contributed by atoms with E-state index in [0.717, 1.165) is 37.6 Å². The number of fused-ring (bicyclic) bond motifs is 6. The number of benzene rings is 6. The summed E-state index contributed by atoms with van der Waals surface area (Å²) in [5.74, 6) is 0.419. The van der Waals surface area contributed by atoms with Crippen LogP contribution in [0.25, 0.3) is 66.2 Å². The van der Waals surface area contributed by atoms with Gasteiger partial charge in [-0.2, -0.15) is 0 Å². The van der Waals surface area contributed by atoms with Gasteiger partial charge < -0.3 is 15.3 Å². The topological polar surface area (TPSA) is 150 Å². The summed E-state index contributed by atoms with van der Waals surface area (Å²) in [6.07, 6.45) is 0. The second-order valence-corrected chi connectivity index (χ2v) is 13.3. The van der Waals surface area contributed by atoms with Crippen molar-refractivity contribution in [3.05, 3.63) is 123 Å². The molecule has 0 spiro atoms. The molecule has 3 heterocycles. The van der Waals surface area contributed by atoms with Gasteiger partial charge in [-0.05, 0) is 115 Å². The number of phenolic OH excluding ortho intramolecular Hbond substituents is 3. The standard InChI is InChI=1S/C12H6Br2N2O.C12H7BrN2O.C12H8N2O.BHNS/c13-6-5-7(14)12(17)11-10(6)15-8-3-1-2-4-9(8)16-11;13-7-5-6-10-11(12(7)16)15-9-4-2-1-3-8(9)14-10;15-11-7-3-6-10-12(11)14-9-5-2-1-4-8(9)13-10;1-2-3/h1-5,17H;1-6,16H;1-7,15H;3H. The number of aromatic nitrogens is 6. The fourth-order valence-corrected chi connectivity index (χ4v) is 6.52. The van der Waals surface area contributed by atoms with Crippen molar-refractivity contribution in [2.24, 2.45) is 4.30 Å². The van der Waals surface area contributed by atoms with Gasteiger partial charge in [0.1, 0.15) is 27.8 Å². The molecule has 0 aliphatic rings. The maximum atomic E-state index is 9.97.